The lowest BCUT2D eigenvalue weighted by molar-refractivity contribution is 0.0902. The molecule has 24 heavy (non-hydrogen) atoms. The fourth-order valence-corrected chi connectivity index (χ4v) is 3.29. The Morgan fingerprint density at radius 2 is 2.00 bits per heavy atom. The zero-order valence-electron chi connectivity index (χ0n) is 14.2. The number of likely N-dealkylation sites (tertiary alicyclic amines) is 1. The van der Waals surface area contributed by atoms with Crippen molar-refractivity contribution in [3.63, 3.8) is 0 Å². The smallest absolute Gasteiger partial charge is 0.269 e. The number of nitrogens with zero attached hydrogens (tertiary/aromatic N) is 2. The van der Waals surface area contributed by atoms with Gasteiger partial charge in [-0.15, -0.1) is 0 Å². The molecule has 1 aromatic heterocycles. The average Bonchev–Trinajstić information content (AvgIpc) is 2.61. The summed E-state index contributed by atoms with van der Waals surface area (Å²) < 4.78 is 0. The zero-order chi connectivity index (χ0) is 16.8. The summed E-state index contributed by atoms with van der Waals surface area (Å²) in [7, 11) is 0. The van der Waals surface area contributed by atoms with Crippen LogP contribution in [0.25, 0.3) is 0 Å². The SMILES string of the molecule is Cc1cccc(C(=O)NCC2CCCCN2Cc2ccccc2)n1. The van der Waals surface area contributed by atoms with E-state index in [1.165, 1.54) is 18.4 Å². The number of pyridine rings is 1. The minimum Gasteiger partial charge on any atom is -0.349 e. The van der Waals surface area contributed by atoms with Gasteiger partial charge in [0.2, 0.25) is 0 Å². The molecule has 0 radical (unpaired) electrons. The van der Waals surface area contributed by atoms with Crippen LogP contribution in [0.5, 0.6) is 0 Å². The van der Waals surface area contributed by atoms with Crippen molar-refractivity contribution in [3.8, 4) is 0 Å². The van der Waals surface area contributed by atoms with Crippen molar-refractivity contribution in [3.05, 3.63) is 65.5 Å². The minimum atomic E-state index is -0.0797. The molecule has 2 aromatic rings. The highest BCUT2D eigenvalue weighted by Gasteiger charge is 2.23. The Labute approximate surface area is 143 Å². The normalized spacial score (nSPS) is 18.3. The van der Waals surface area contributed by atoms with Crippen molar-refractivity contribution in [1.82, 2.24) is 15.2 Å². The molecule has 1 N–H and O–H groups in total. The summed E-state index contributed by atoms with van der Waals surface area (Å²) in [5, 5.41) is 3.07. The Bertz CT molecular complexity index is 672. The number of carbonyl (C=O) groups is 1. The van der Waals surface area contributed by atoms with Gasteiger partial charge >= 0.3 is 0 Å². The van der Waals surface area contributed by atoms with Gasteiger partial charge in [-0.3, -0.25) is 9.69 Å². The molecule has 0 aliphatic carbocycles. The molecule has 0 saturated carbocycles. The predicted octanol–water partition coefficient (Wildman–Crippen LogP) is 3.17. The highest BCUT2D eigenvalue weighted by molar-refractivity contribution is 5.92. The molecule has 1 aromatic carbocycles. The number of aromatic nitrogens is 1. The topological polar surface area (TPSA) is 45.2 Å². The third-order valence-electron chi connectivity index (χ3n) is 4.60. The molecule has 1 amide bonds. The van der Waals surface area contributed by atoms with Gasteiger partial charge in [-0.2, -0.15) is 0 Å². The number of piperidine rings is 1. The molecule has 1 atom stereocenters. The van der Waals surface area contributed by atoms with Crippen LogP contribution in [-0.2, 0) is 6.54 Å². The Morgan fingerprint density at radius 1 is 1.17 bits per heavy atom. The Kier molecular flexibility index (Phi) is 5.59. The Morgan fingerprint density at radius 3 is 2.79 bits per heavy atom. The van der Waals surface area contributed by atoms with Crippen LogP contribution < -0.4 is 5.32 Å². The van der Waals surface area contributed by atoms with E-state index >= 15 is 0 Å². The molecule has 2 heterocycles. The van der Waals surface area contributed by atoms with E-state index < -0.39 is 0 Å². The van der Waals surface area contributed by atoms with Crippen LogP contribution in [0, 0.1) is 6.92 Å². The van der Waals surface area contributed by atoms with E-state index in [0.29, 0.717) is 18.3 Å². The number of aryl methyl sites for hydroxylation is 1. The second kappa shape index (κ2) is 8.06. The van der Waals surface area contributed by atoms with E-state index in [2.05, 4.69) is 39.5 Å². The molecule has 1 unspecified atom stereocenters. The lowest BCUT2D eigenvalue weighted by Gasteiger charge is -2.35. The number of benzene rings is 1. The number of hydrogen-bond donors (Lipinski definition) is 1. The third-order valence-corrected chi connectivity index (χ3v) is 4.60. The second-order valence-corrected chi connectivity index (χ2v) is 6.48. The quantitative estimate of drug-likeness (QED) is 0.919. The molecule has 4 heteroatoms. The maximum absolute atomic E-state index is 12.3. The molecule has 4 nitrogen and oxygen atoms in total. The molecular weight excluding hydrogens is 298 g/mol. The van der Waals surface area contributed by atoms with Gasteiger partial charge in [0.1, 0.15) is 5.69 Å². The van der Waals surface area contributed by atoms with Gasteiger partial charge in [0, 0.05) is 24.8 Å². The third kappa shape index (κ3) is 4.42. The van der Waals surface area contributed by atoms with E-state index in [-0.39, 0.29) is 5.91 Å². The first kappa shape index (κ1) is 16.7. The lowest BCUT2D eigenvalue weighted by Crippen LogP contribution is -2.46. The number of hydrogen-bond acceptors (Lipinski definition) is 3. The zero-order valence-corrected chi connectivity index (χ0v) is 14.2. The summed E-state index contributed by atoms with van der Waals surface area (Å²) in [5.41, 5.74) is 2.70. The van der Waals surface area contributed by atoms with Gasteiger partial charge in [-0.05, 0) is 44.0 Å². The fraction of sp³-hybridized carbons (Fsp3) is 0.400. The molecule has 3 rings (SSSR count). The van der Waals surface area contributed by atoms with Crippen LogP contribution in [0.4, 0.5) is 0 Å². The van der Waals surface area contributed by atoms with Gasteiger partial charge in [-0.1, -0.05) is 42.8 Å². The average molecular weight is 323 g/mol. The minimum absolute atomic E-state index is 0.0797. The van der Waals surface area contributed by atoms with Crippen LogP contribution in [0.3, 0.4) is 0 Å². The summed E-state index contributed by atoms with van der Waals surface area (Å²) >= 11 is 0. The van der Waals surface area contributed by atoms with Gasteiger partial charge in [0.05, 0.1) is 0 Å². The monoisotopic (exact) mass is 323 g/mol. The highest BCUT2D eigenvalue weighted by Crippen LogP contribution is 2.19. The molecule has 1 saturated heterocycles. The van der Waals surface area contributed by atoms with E-state index in [0.717, 1.165) is 25.2 Å². The molecule has 1 aliphatic rings. The predicted molar refractivity (Wildman–Crippen MR) is 95.8 cm³/mol. The van der Waals surface area contributed by atoms with Gasteiger partial charge < -0.3 is 5.32 Å². The first-order valence-electron chi connectivity index (χ1n) is 8.72. The van der Waals surface area contributed by atoms with Gasteiger partial charge in [0.15, 0.2) is 0 Å². The maximum Gasteiger partial charge on any atom is 0.269 e. The van der Waals surface area contributed by atoms with Crippen LogP contribution >= 0.6 is 0 Å². The van der Waals surface area contributed by atoms with Crippen LogP contribution in [0.15, 0.2) is 48.5 Å². The van der Waals surface area contributed by atoms with Crippen molar-refractivity contribution in [1.29, 1.82) is 0 Å². The largest absolute Gasteiger partial charge is 0.349 e. The first-order chi connectivity index (χ1) is 11.7. The summed E-state index contributed by atoms with van der Waals surface area (Å²) in [6.07, 6.45) is 3.60. The van der Waals surface area contributed by atoms with E-state index in [9.17, 15) is 4.79 Å². The lowest BCUT2D eigenvalue weighted by atomic mass is 10.0. The molecule has 1 fully saturated rings. The summed E-state index contributed by atoms with van der Waals surface area (Å²) in [6, 6.07) is 16.5. The summed E-state index contributed by atoms with van der Waals surface area (Å²) in [4.78, 5) is 19.1. The summed E-state index contributed by atoms with van der Waals surface area (Å²) in [6.45, 7) is 4.63. The highest BCUT2D eigenvalue weighted by atomic mass is 16.1. The number of nitrogens with one attached hydrogen (secondary N) is 1. The van der Waals surface area contributed by atoms with Crippen LogP contribution in [0.1, 0.15) is 41.0 Å². The molecule has 1 aliphatic heterocycles. The standard InChI is InChI=1S/C20H25N3O/c1-16-8-7-12-19(22-16)20(24)21-14-18-11-5-6-13-23(18)15-17-9-3-2-4-10-17/h2-4,7-10,12,18H,5-6,11,13-15H2,1H3,(H,21,24). The van der Waals surface area contributed by atoms with Crippen molar-refractivity contribution in [2.24, 2.45) is 0 Å². The first-order valence-corrected chi connectivity index (χ1v) is 8.72. The van der Waals surface area contributed by atoms with Crippen molar-refractivity contribution in [2.45, 2.75) is 38.8 Å². The van der Waals surface area contributed by atoms with Crippen molar-refractivity contribution >= 4 is 5.91 Å². The van der Waals surface area contributed by atoms with Crippen LogP contribution in [-0.4, -0.2) is 34.9 Å². The number of amides is 1. The molecule has 0 spiro atoms. The fourth-order valence-electron chi connectivity index (χ4n) is 3.29. The molecular formula is C20H25N3O. The van der Waals surface area contributed by atoms with E-state index in [4.69, 9.17) is 0 Å². The van der Waals surface area contributed by atoms with Gasteiger partial charge in [-0.25, -0.2) is 4.98 Å². The Hall–Kier alpha value is -2.20. The van der Waals surface area contributed by atoms with Crippen molar-refractivity contribution in [2.75, 3.05) is 13.1 Å². The maximum atomic E-state index is 12.3. The van der Waals surface area contributed by atoms with E-state index in [1.807, 2.05) is 25.1 Å². The number of rotatable bonds is 5. The van der Waals surface area contributed by atoms with Gasteiger partial charge in [0.25, 0.3) is 5.91 Å². The molecule has 126 valence electrons. The van der Waals surface area contributed by atoms with Crippen molar-refractivity contribution < 1.29 is 4.79 Å². The summed E-state index contributed by atoms with van der Waals surface area (Å²) in [5.74, 6) is -0.0797. The Balaban J connectivity index is 1.58. The molecule has 0 bridgehead atoms. The van der Waals surface area contributed by atoms with E-state index in [1.54, 1.807) is 6.07 Å². The van der Waals surface area contributed by atoms with Crippen LogP contribution in [0.2, 0.25) is 0 Å². The number of carbonyl (C=O) groups excluding carboxylic acids is 1. The second-order valence-electron chi connectivity index (χ2n) is 6.48.